The molecule has 1 aliphatic heterocycles. The number of hydrogen-bond donors (Lipinski definition) is 2. The van der Waals surface area contributed by atoms with E-state index in [4.69, 9.17) is 9.72 Å². The van der Waals surface area contributed by atoms with Crippen LogP contribution in [0.4, 0.5) is 5.82 Å². The molecule has 0 amide bonds. The van der Waals surface area contributed by atoms with E-state index in [0.717, 1.165) is 44.5 Å². The van der Waals surface area contributed by atoms with E-state index in [1.165, 1.54) is 29.7 Å². The van der Waals surface area contributed by atoms with Crippen LogP contribution < -0.4 is 10.1 Å². The second-order valence-corrected chi connectivity index (χ2v) is 9.31. The van der Waals surface area contributed by atoms with Crippen LogP contribution in [0, 0.1) is 0 Å². The number of rotatable bonds is 13. The van der Waals surface area contributed by atoms with Gasteiger partial charge in [0.15, 0.2) is 0 Å². The van der Waals surface area contributed by atoms with Crippen LogP contribution in [0.25, 0.3) is 0 Å². The van der Waals surface area contributed by atoms with E-state index in [1.807, 2.05) is 6.92 Å². The Kier molecular flexibility index (Phi) is 8.08. The summed E-state index contributed by atoms with van der Waals surface area (Å²) < 4.78 is 5.25. The van der Waals surface area contributed by atoms with Crippen molar-refractivity contribution in [3.05, 3.63) is 40.8 Å². The first kappa shape index (κ1) is 24.1. The number of carbonyl (C=O) groups excluding carboxylic acids is 1. The van der Waals surface area contributed by atoms with Gasteiger partial charge in [-0.3, -0.25) is 9.59 Å². The Morgan fingerprint density at radius 1 is 1.21 bits per heavy atom. The lowest BCUT2D eigenvalue weighted by molar-refractivity contribution is -0.137. The van der Waals surface area contributed by atoms with Crippen molar-refractivity contribution in [2.24, 2.45) is 0 Å². The van der Waals surface area contributed by atoms with Gasteiger partial charge in [0.2, 0.25) is 0 Å². The lowest BCUT2D eigenvalue weighted by atomic mass is 9.91. The molecule has 2 aliphatic rings. The summed E-state index contributed by atoms with van der Waals surface area (Å²) in [7, 11) is 0. The van der Waals surface area contributed by atoms with Gasteiger partial charge in [0.05, 0.1) is 13.0 Å². The number of aromatic nitrogens is 3. The van der Waals surface area contributed by atoms with Crippen LogP contribution >= 0.6 is 0 Å². The number of ketones is 1. The van der Waals surface area contributed by atoms with Gasteiger partial charge in [-0.1, -0.05) is 6.07 Å². The van der Waals surface area contributed by atoms with Gasteiger partial charge in [-0.2, -0.15) is 0 Å². The van der Waals surface area contributed by atoms with E-state index >= 15 is 0 Å². The number of hydrogen-bond acceptors (Lipinski definition) is 7. The summed E-state index contributed by atoms with van der Waals surface area (Å²) in [6, 6.07) is 2.62. The molecule has 2 aromatic heterocycles. The molecular weight excluding hydrogens is 432 g/mol. The molecular formula is C26H34N4O4. The average Bonchev–Trinajstić information content (AvgIpc) is 3.67. The molecule has 8 heteroatoms. The first-order valence-electron chi connectivity index (χ1n) is 12.5. The molecule has 0 aromatic carbocycles. The second-order valence-electron chi connectivity index (χ2n) is 9.31. The minimum Gasteiger partial charge on any atom is -0.481 e. The molecule has 3 heterocycles. The second kappa shape index (κ2) is 11.4. The maximum Gasteiger partial charge on any atom is 0.316 e. The van der Waals surface area contributed by atoms with Crippen molar-refractivity contribution < 1.29 is 19.4 Å². The topological polar surface area (TPSA) is 114 Å². The highest BCUT2D eigenvalue weighted by molar-refractivity contribution is 5.80. The van der Waals surface area contributed by atoms with Crippen molar-refractivity contribution in [1.29, 1.82) is 0 Å². The highest BCUT2D eigenvalue weighted by Gasteiger charge is 2.28. The molecule has 2 N–H and O–H groups in total. The highest BCUT2D eigenvalue weighted by Crippen LogP contribution is 2.43. The zero-order valence-electron chi connectivity index (χ0n) is 19.9. The lowest BCUT2D eigenvalue weighted by Gasteiger charge is -2.20. The Balaban J connectivity index is 1.30. The zero-order chi connectivity index (χ0) is 23.9. The van der Waals surface area contributed by atoms with Crippen LogP contribution in [-0.2, 0) is 22.4 Å². The SMILES string of the molecule is CCOc1ncc([C@H](CC(=O)O)CC(=O)CCCCc2nc3c(cc2C2CC2)CCCN3)cn1. The molecule has 0 bridgehead atoms. The molecule has 0 unspecified atom stereocenters. The number of carbonyl (C=O) groups is 2. The third-order valence-corrected chi connectivity index (χ3v) is 6.55. The first-order chi connectivity index (χ1) is 16.5. The molecule has 8 nitrogen and oxygen atoms in total. The largest absolute Gasteiger partial charge is 0.481 e. The molecule has 0 radical (unpaired) electrons. The fraction of sp³-hybridized carbons (Fsp3) is 0.577. The number of nitrogens with one attached hydrogen (secondary N) is 1. The third-order valence-electron chi connectivity index (χ3n) is 6.55. The zero-order valence-corrected chi connectivity index (χ0v) is 19.9. The smallest absolute Gasteiger partial charge is 0.316 e. The van der Waals surface area contributed by atoms with Crippen LogP contribution in [0.1, 0.15) is 92.5 Å². The number of nitrogens with zero attached hydrogens (tertiary/aromatic N) is 3. The van der Waals surface area contributed by atoms with Crippen molar-refractivity contribution in [2.75, 3.05) is 18.5 Å². The standard InChI is InChI=1S/C26H34N4O4/c1-2-34-26-28-15-20(16-29-26)19(14-24(32)33)12-21(31)7-3-4-8-23-22(17-9-10-17)13-18-6-5-11-27-25(18)30-23/h13,15-17,19H,2-12,14H2,1H3,(H,27,30)(H,32,33)/t19-/m0/s1. The summed E-state index contributed by atoms with van der Waals surface area (Å²) in [4.78, 5) is 37.2. The van der Waals surface area contributed by atoms with Crippen molar-refractivity contribution in [3.8, 4) is 6.01 Å². The molecule has 0 saturated heterocycles. The minimum atomic E-state index is -0.939. The summed E-state index contributed by atoms with van der Waals surface area (Å²) in [6.45, 7) is 3.28. The third kappa shape index (κ3) is 6.52. The molecule has 4 rings (SSSR count). The highest BCUT2D eigenvalue weighted by atomic mass is 16.5. The summed E-state index contributed by atoms with van der Waals surface area (Å²) in [6.07, 6.45) is 10.9. The van der Waals surface area contributed by atoms with Crippen LogP contribution in [0.5, 0.6) is 6.01 Å². The van der Waals surface area contributed by atoms with E-state index in [0.29, 0.717) is 24.5 Å². The number of ether oxygens (including phenoxy) is 1. The molecule has 2 aromatic rings. The van der Waals surface area contributed by atoms with Gasteiger partial charge >= 0.3 is 12.0 Å². The van der Waals surface area contributed by atoms with Gasteiger partial charge in [0.25, 0.3) is 0 Å². The van der Waals surface area contributed by atoms with E-state index in [2.05, 4.69) is 21.4 Å². The predicted molar refractivity (Wildman–Crippen MR) is 128 cm³/mol. The number of aliphatic carboxylic acids is 1. The van der Waals surface area contributed by atoms with E-state index in [-0.39, 0.29) is 24.6 Å². The van der Waals surface area contributed by atoms with Crippen molar-refractivity contribution in [3.63, 3.8) is 0 Å². The van der Waals surface area contributed by atoms with Gasteiger partial charge in [-0.15, -0.1) is 0 Å². The van der Waals surface area contributed by atoms with Crippen LogP contribution in [0.15, 0.2) is 18.5 Å². The van der Waals surface area contributed by atoms with Crippen LogP contribution in [0.2, 0.25) is 0 Å². The molecule has 1 fully saturated rings. The van der Waals surface area contributed by atoms with Gasteiger partial charge in [-0.05, 0) is 74.5 Å². The fourth-order valence-electron chi connectivity index (χ4n) is 4.64. The maximum atomic E-state index is 12.7. The number of Topliss-reactive ketones (excluding diaryl/α,β-unsaturated/α-hetero) is 1. The first-order valence-corrected chi connectivity index (χ1v) is 12.5. The molecule has 34 heavy (non-hydrogen) atoms. The monoisotopic (exact) mass is 466 g/mol. The molecule has 0 spiro atoms. The quantitative estimate of drug-likeness (QED) is 0.417. The number of fused-ring (bicyclic) bond motifs is 1. The summed E-state index contributed by atoms with van der Waals surface area (Å²) in [5.41, 5.74) is 4.58. The van der Waals surface area contributed by atoms with Crippen LogP contribution in [-0.4, -0.2) is 45.0 Å². The average molecular weight is 467 g/mol. The number of anilines is 1. The molecule has 1 aliphatic carbocycles. The fourth-order valence-corrected chi connectivity index (χ4v) is 4.64. The van der Waals surface area contributed by atoms with Gasteiger partial charge in [0, 0.05) is 43.4 Å². The lowest BCUT2D eigenvalue weighted by Crippen LogP contribution is -2.15. The summed E-state index contributed by atoms with van der Waals surface area (Å²) in [5.74, 6) is 0.393. The summed E-state index contributed by atoms with van der Waals surface area (Å²) >= 11 is 0. The molecule has 1 saturated carbocycles. The van der Waals surface area contributed by atoms with E-state index < -0.39 is 11.9 Å². The predicted octanol–water partition coefficient (Wildman–Crippen LogP) is 4.44. The van der Waals surface area contributed by atoms with Crippen molar-refractivity contribution in [1.82, 2.24) is 15.0 Å². The molecule has 182 valence electrons. The van der Waals surface area contributed by atoms with Gasteiger partial charge in [0.1, 0.15) is 11.6 Å². The number of carboxylic acids is 1. The Bertz CT molecular complexity index is 1000. The Morgan fingerprint density at radius 2 is 2.00 bits per heavy atom. The Morgan fingerprint density at radius 3 is 2.71 bits per heavy atom. The number of unbranched alkanes of at least 4 members (excludes halogenated alkanes) is 1. The van der Waals surface area contributed by atoms with Gasteiger partial charge < -0.3 is 15.2 Å². The van der Waals surface area contributed by atoms with Crippen molar-refractivity contribution in [2.45, 2.75) is 83.0 Å². The van der Waals surface area contributed by atoms with Gasteiger partial charge in [-0.25, -0.2) is 15.0 Å². The van der Waals surface area contributed by atoms with Crippen LogP contribution in [0.3, 0.4) is 0 Å². The van der Waals surface area contributed by atoms with E-state index in [9.17, 15) is 14.7 Å². The normalized spacial score (nSPS) is 15.8. The maximum absolute atomic E-state index is 12.7. The van der Waals surface area contributed by atoms with E-state index in [1.54, 1.807) is 12.4 Å². The Hall–Kier alpha value is -3.03. The Labute approximate surface area is 200 Å². The number of carboxylic acid groups (broad SMARTS) is 1. The number of pyridine rings is 1. The van der Waals surface area contributed by atoms with Crippen molar-refractivity contribution >= 4 is 17.6 Å². The minimum absolute atomic E-state index is 0.0719. The molecule has 1 atom stereocenters. The summed E-state index contributed by atoms with van der Waals surface area (Å²) in [5, 5.41) is 12.7. The number of aryl methyl sites for hydroxylation is 2.